The summed E-state index contributed by atoms with van der Waals surface area (Å²) in [5.74, 6) is 0.938. The maximum atomic E-state index is 12.4. The molecule has 0 bridgehead atoms. The Balaban J connectivity index is 1.41. The maximum Gasteiger partial charge on any atom is 0.328 e. The molecule has 28 heavy (non-hydrogen) atoms. The Hall–Kier alpha value is -2.74. The molecule has 0 amide bonds. The van der Waals surface area contributed by atoms with Gasteiger partial charge >= 0.3 is 11.7 Å². The van der Waals surface area contributed by atoms with Gasteiger partial charge in [0.05, 0.1) is 17.5 Å². The molecule has 146 valence electrons. The molecule has 1 aliphatic heterocycles. The summed E-state index contributed by atoms with van der Waals surface area (Å²) in [6.07, 6.45) is 0.107. The van der Waals surface area contributed by atoms with E-state index in [2.05, 4.69) is 15.9 Å². The standard InChI is InChI=1S/C20H19BrN2O5/c1-22-15-4-2-3-5-16(15)23(20(22)25)7-6-19(24)28-12-13-10-17-18(11-14(13)21)27-9-8-26-17/h2-5,10-11H,6-9,12H2,1H3. The number of aryl methyl sites for hydroxylation is 2. The highest BCUT2D eigenvalue weighted by Gasteiger charge is 2.16. The molecule has 0 spiro atoms. The number of imidazole rings is 1. The maximum absolute atomic E-state index is 12.4. The average molecular weight is 447 g/mol. The fourth-order valence-corrected chi connectivity index (χ4v) is 3.67. The molecular formula is C20H19BrN2O5. The summed E-state index contributed by atoms with van der Waals surface area (Å²) >= 11 is 3.47. The first-order valence-electron chi connectivity index (χ1n) is 8.92. The fourth-order valence-electron chi connectivity index (χ4n) is 3.23. The Kier molecular flexibility index (Phi) is 5.13. The summed E-state index contributed by atoms with van der Waals surface area (Å²) < 4.78 is 20.4. The highest BCUT2D eigenvalue weighted by molar-refractivity contribution is 9.10. The normalized spacial score (nSPS) is 12.9. The van der Waals surface area contributed by atoms with E-state index in [1.165, 1.54) is 0 Å². The zero-order valence-electron chi connectivity index (χ0n) is 15.3. The molecule has 2 aromatic carbocycles. The molecule has 0 saturated heterocycles. The van der Waals surface area contributed by atoms with Crippen LogP contribution in [0, 0.1) is 0 Å². The predicted molar refractivity (Wildman–Crippen MR) is 107 cm³/mol. The summed E-state index contributed by atoms with van der Waals surface area (Å²) in [5, 5.41) is 0. The number of rotatable bonds is 5. The number of carbonyl (C=O) groups excluding carboxylic acids is 1. The van der Waals surface area contributed by atoms with E-state index < -0.39 is 0 Å². The van der Waals surface area contributed by atoms with Crippen molar-refractivity contribution in [1.29, 1.82) is 0 Å². The van der Waals surface area contributed by atoms with Gasteiger partial charge in [0.1, 0.15) is 19.8 Å². The number of para-hydroxylation sites is 2. The molecule has 0 saturated carbocycles. The Morgan fingerprint density at radius 2 is 1.82 bits per heavy atom. The van der Waals surface area contributed by atoms with Gasteiger partial charge in [0.15, 0.2) is 11.5 Å². The van der Waals surface area contributed by atoms with Crippen LogP contribution in [0.2, 0.25) is 0 Å². The van der Waals surface area contributed by atoms with E-state index >= 15 is 0 Å². The molecule has 0 fully saturated rings. The number of hydrogen-bond acceptors (Lipinski definition) is 5. The van der Waals surface area contributed by atoms with Gasteiger partial charge in [0.25, 0.3) is 0 Å². The molecule has 0 unspecified atom stereocenters. The van der Waals surface area contributed by atoms with E-state index in [1.54, 1.807) is 22.2 Å². The number of benzene rings is 2. The van der Waals surface area contributed by atoms with Crippen LogP contribution < -0.4 is 15.2 Å². The third-order valence-electron chi connectivity index (χ3n) is 4.69. The molecule has 1 aliphatic rings. The lowest BCUT2D eigenvalue weighted by atomic mass is 10.2. The van der Waals surface area contributed by atoms with Crippen LogP contribution >= 0.6 is 15.9 Å². The summed E-state index contributed by atoms with van der Waals surface area (Å²) in [6.45, 7) is 1.39. The Labute approximate surface area is 169 Å². The molecular weight excluding hydrogens is 428 g/mol. The van der Waals surface area contributed by atoms with Crippen LogP contribution in [0.15, 0.2) is 45.7 Å². The van der Waals surface area contributed by atoms with Gasteiger partial charge in [-0.05, 0) is 24.3 Å². The third-order valence-corrected chi connectivity index (χ3v) is 5.43. The second-order valence-electron chi connectivity index (χ2n) is 6.48. The molecule has 0 radical (unpaired) electrons. The summed E-state index contributed by atoms with van der Waals surface area (Å²) in [4.78, 5) is 24.6. The Morgan fingerprint density at radius 1 is 1.14 bits per heavy atom. The van der Waals surface area contributed by atoms with Gasteiger partial charge in [0.2, 0.25) is 0 Å². The first kappa shape index (κ1) is 18.6. The topological polar surface area (TPSA) is 71.7 Å². The molecule has 8 heteroatoms. The summed E-state index contributed by atoms with van der Waals surface area (Å²) in [5.41, 5.74) is 2.28. The first-order valence-corrected chi connectivity index (χ1v) is 9.72. The highest BCUT2D eigenvalue weighted by atomic mass is 79.9. The SMILES string of the molecule is Cn1c(=O)n(CCC(=O)OCc2cc3c(cc2Br)OCCO3)c2ccccc21. The lowest BCUT2D eigenvalue weighted by Crippen LogP contribution is -2.23. The van der Waals surface area contributed by atoms with E-state index in [-0.39, 0.29) is 31.2 Å². The monoisotopic (exact) mass is 446 g/mol. The van der Waals surface area contributed by atoms with E-state index in [4.69, 9.17) is 14.2 Å². The minimum atomic E-state index is -0.373. The summed E-state index contributed by atoms with van der Waals surface area (Å²) in [6, 6.07) is 11.1. The van der Waals surface area contributed by atoms with Crippen molar-refractivity contribution in [3.63, 3.8) is 0 Å². The number of aromatic nitrogens is 2. The molecule has 0 N–H and O–H groups in total. The summed E-state index contributed by atoms with van der Waals surface area (Å²) in [7, 11) is 1.72. The van der Waals surface area contributed by atoms with Crippen LogP contribution in [-0.2, 0) is 29.7 Å². The van der Waals surface area contributed by atoms with Crippen LogP contribution in [0.3, 0.4) is 0 Å². The van der Waals surface area contributed by atoms with Gasteiger partial charge in [0, 0.05) is 23.6 Å². The molecule has 0 aliphatic carbocycles. The second kappa shape index (κ2) is 7.71. The van der Waals surface area contributed by atoms with Crippen LogP contribution in [0.5, 0.6) is 11.5 Å². The Morgan fingerprint density at radius 3 is 2.57 bits per heavy atom. The molecule has 3 aromatic rings. The third kappa shape index (κ3) is 3.52. The quantitative estimate of drug-likeness (QED) is 0.563. The minimum Gasteiger partial charge on any atom is -0.486 e. The smallest absolute Gasteiger partial charge is 0.328 e. The fraction of sp³-hybridized carbons (Fsp3) is 0.300. The molecule has 1 aromatic heterocycles. The van der Waals surface area contributed by atoms with Gasteiger partial charge in [-0.2, -0.15) is 0 Å². The van der Waals surface area contributed by atoms with Gasteiger partial charge < -0.3 is 14.2 Å². The van der Waals surface area contributed by atoms with Crippen molar-refractivity contribution < 1.29 is 19.0 Å². The average Bonchev–Trinajstić information content (AvgIpc) is 2.95. The second-order valence-corrected chi connectivity index (χ2v) is 7.33. The van der Waals surface area contributed by atoms with Gasteiger partial charge in [-0.3, -0.25) is 13.9 Å². The van der Waals surface area contributed by atoms with E-state index in [0.29, 0.717) is 24.7 Å². The minimum absolute atomic E-state index is 0.107. The van der Waals surface area contributed by atoms with E-state index in [0.717, 1.165) is 21.1 Å². The van der Waals surface area contributed by atoms with Crippen molar-refractivity contribution in [2.24, 2.45) is 7.05 Å². The predicted octanol–water partition coefficient (Wildman–Crippen LogP) is 3.01. The van der Waals surface area contributed by atoms with Crippen molar-refractivity contribution in [1.82, 2.24) is 9.13 Å². The van der Waals surface area contributed by atoms with Crippen molar-refractivity contribution in [3.05, 3.63) is 56.9 Å². The van der Waals surface area contributed by atoms with Gasteiger partial charge in [-0.25, -0.2) is 4.79 Å². The van der Waals surface area contributed by atoms with Gasteiger partial charge in [-0.1, -0.05) is 28.1 Å². The number of ether oxygens (including phenoxy) is 3. The van der Waals surface area contributed by atoms with Gasteiger partial charge in [-0.15, -0.1) is 0 Å². The molecule has 0 atom stereocenters. The van der Waals surface area contributed by atoms with E-state index in [9.17, 15) is 9.59 Å². The highest BCUT2D eigenvalue weighted by Crippen LogP contribution is 2.35. The number of halogens is 1. The Bertz CT molecular complexity index is 1100. The zero-order chi connectivity index (χ0) is 19.7. The number of fused-ring (bicyclic) bond motifs is 2. The molecule has 7 nitrogen and oxygen atoms in total. The van der Waals surface area contributed by atoms with Crippen LogP contribution in [0.1, 0.15) is 12.0 Å². The lowest BCUT2D eigenvalue weighted by molar-refractivity contribution is -0.145. The molecule has 2 heterocycles. The first-order chi connectivity index (χ1) is 13.5. The van der Waals surface area contributed by atoms with Crippen molar-refractivity contribution in [2.75, 3.05) is 13.2 Å². The van der Waals surface area contributed by atoms with Crippen molar-refractivity contribution in [2.45, 2.75) is 19.6 Å². The zero-order valence-corrected chi connectivity index (χ0v) is 16.9. The lowest BCUT2D eigenvalue weighted by Gasteiger charge is -2.19. The number of carbonyl (C=O) groups is 1. The van der Waals surface area contributed by atoms with E-state index in [1.807, 2.05) is 30.3 Å². The largest absolute Gasteiger partial charge is 0.486 e. The van der Waals surface area contributed by atoms with Crippen LogP contribution in [-0.4, -0.2) is 28.3 Å². The molecule has 4 rings (SSSR count). The number of esters is 1. The number of hydrogen-bond donors (Lipinski definition) is 0. The number of nitrogens with zero attached hydrogens (tertiary/aromatic N) is 2. The van der Waals surface area contributed by atoms with Crippen LogP contribution in [0.25, 0.3) is 11.0 Å². The van der Waals surface area contributed by atoms with Crippen molar-refractivity contribution >= 4 is 32.9 Å². The van der Waals surface area contributed by atoms with Crippen molar-refractivity contribution in [3.8, 4) is 11.5 Å². The van der Waals surface area contributed by atoms with Crippen LogP contribution in [0.4, 0.5) is 0 Å².